The number of carbonyl (C=O) groups is 1. The quantitative estimate of drug-likeness (QED) is 0.623. The van der Waals surface area contributed by atoms with Crippen LogP contribution >= 0.6 is 0 Å². The summed E-state index contributed by atoms with van der Waals surface area (Å²) in [6.07, 6.45) is -4.59. The Morgan fingerprint density at radius 1 is 1.18 bits per heavy atom. The standard InChI is InChI=1S/C21H20F3NO3/c1-3-27-17-9-5-7-15-12-18(28-20(15)17)13(2)25-19(26)11-14-6-4-8-16(10-14)21(22,23)24/h4-10,12-13H,3,11H2,1-2H3,(H,25,26). The molecule has 28 heavy (non-hydrogen) atoms. The molecule has 1 N–H and O–H groups in total. The average Bonchev–Trinajstić information content (AvgIpc) is 3.07. The van der Waals surface area contributed by atoms with Crippen LogP contribution in [-0.2, 0) is 17.4 Å². The fraction of sp³-hybridized carbons (Fsp3) is 0.286. The molecule has 0 radical (unpaired) electrons. The number of nitrogens with one attached hydrogen (secondary N) is 1. The lowest BCUT2D eigenvalue weighted by molar-refractivity contribution is -0.137. The van der Waals surface area contributed by atoms with Crippen molar-refractivity contribution in [1.29, 1.82) is 0 Å². The zero-order valence-electron chi connectivity index (χ0n) is 15.5. The third kappa shape index (κ3) is 4.47. The van der Waals surface area contributed by atoms with E-state index in [1.165, 1.54) is 12.1 Å². The number of halogens is 3. The van der Waals surface area contributed by atoms with Crippen LogP contribution in [0.1, 0.15) is 36.8 Å². The molecule has 3 aromatic rings. The molecule has 0 aliphatic carbocycles. The SMILES string of the molecule is CCOc1cccc2cc(C(C)NC(=O)Cc3cccc(C(F)(F)F)c3)oc12. The molecule has 7 heteroatoms. The Bertz CT molecular complexity index is 978. The Balaban J connectivity index is 1.71. The number of furan rings is 1. The van der Waals surface area contributed by atoms with E-state index in [1.54, 1.807) is 13.0 Å². The van der Waals surface area contributed by atoms with Gasteiger partial charge in [-0.15, -0.1) is 0 Å². The molecule has 0 fully saturated rings. The second-order valence-electron chi connectivity index (χ2n) is 6.42. The molecule has 0 aliphatic rings. The summed E-state index contributed by atoms with van der Waals surface area (Å²) in [6, 6.07) is 11.7. The molecular formula is C21H20F3NO3. The van der Waals surface area contributed by atoms with Crippen molar-refractivity contribution in [1.82, 2.24) is 5.32 Å². The molecule has 1 heterocycles. The van der Waals surface area contributed by atoms with Crippen LogP contribution in [0, 0.1) is 0 Å². The number of amides is 1. The van der Waals surface area contributed by atoms with Gasteiger partial charge in [-0.05, 0) is 37.6 Å². The smallest absolute Gasteiger partial charge is 0.416 e. The first-order valence-electron chi connectivity index (χ1n) is 8.88. The van der Waals surface area contributed by atoms with Gasteiger partial charge in [0.2, 0.25) is 5.91 Å². The summed E-state index contributed by atoms with van der Waals surface area (Å²) >= 11 is 0. The van der Waals surface area contributed by atoms with Gasteiger partial charge >= 0.3 is 6.18 Å². The topological polar surface area (TPSA) is 51.5 Å². The van der Waals surface area contributed by atoms with Gasteiger partial charge in [0, 0.05) is 5.39 Å². The van der Waals surface area contributed by atoms with E-state index in [0.29, 0.717) is 29.3 Å². The third-order valence-corrected chi connectivity index (χ3v) is 4.25. The highest BCUT2D eigenvalue weighted by Crippen LogP contribution is 2.31. The van der Waals surface area contributed by atoms with Crippen molar-refractivity contribution in [2.75, 3.05) is 6.61 Å². The van der Waals surface area contributed by atoms with Gasteiger partial charge in [0.1, 0.15) is 5.76 Å². The summed E-state index contributed by atoms with van der Waals surface area (Å²) < 4.78 is 49.8. The fourth-order valence-electron chi connectivity index (χ4n) is 2.95. The van der Waals surface area contributed by atoms with Crippen LogP contribution in [0.4, 0.5) is 13.2 Å². The lowest BCUT2D eigenvalue weighted by Crippen LogP contribution is -2.28. The van der Waals surface area contributed by atoms with Crippen molar-refractivity contribution < 1.29 is 27.1 Å². The number of hydrogen-bond donors (Lipinski definition) is 1. The maximum absolute atomic E-state index is 12.8. The lowest BCUT2D eigenvalue weighted by Gasteiger charge is -2.12. The summed E-state index contributed by atoms with van der Waals surface area (Å²) in [4.78, 5) is 12.3. The number of ether oxygens (including phenoxy) is 1. The third-order valence-electron chi connectivity index (χ3n) is 4.25. The van der Waals surface area contributed by atoms with Gasteiger partial charge in [0.25, 0.3) is 0 Å². The summed E-state index contributed by atoms with van der Waals surface area (Å²) in [5.74, 6) is 0.769. The maximum atomic E-state index is 12.8. The van der Waals surface area contributed by atoms with E-state index >= 15 is 0 Å². The minimum Gasteiger partial charge on any atom is -0.490 e. The Morgan fingerprint density at radius 3 is 2.64 bits per heavy atom. The van der Waals surface area contributed by atoms with Crippen molar-refractivity contribution >= 4 is 16.9 Å². The molecule has 1 amide bonds. The Morgan fingerprint density at radius 2 is 1.93 bits per heavy atom. The van der Waals surface area contributed by atoms with Crippen LogP contribution in [0.3, 0.4) is 0 Å². The second kappa shape index (κ2) is 7.96. The minimum atomic E-state index is -4.44. The number of benzene rings is 2. The Hall–Kier alpha value is -2.96. The van der Waals surface area contributed by atoms with E-state index in [2.05, 4.69) is 5.32 Å². The normalized spacial score (nSPS) is 12.8. The van der Waals surface area contributed by atoms with Crippen LogP contribution in [0.25, 0.3) is 11.0 Å². The van der Waals surface area contributed by atoms with Crippen LogP contribution in [0.2, 0.25) is 0 Å². The minimum absolute atomic E-state index is 0.154. The van der Waals surface area contributed by atoms with Gasteiger partial charge in [-0.3, -0.25) is 4.79 Å². The molecule has 148 valence electrons. The lowest BCUT2D eigenvalue weighted by atomic mass is 10.1. The van der Waals surface area contributed by atoms with E-state index in [9.17, 15) is 18.0 Å². The highest BCUT2D eigenvalue weighted by molar-refractivity contribution is 5.84. The first kappa shape index (κ1) is 19.8. The van der Waals surface area contributed by atoms with Crippen LogP contribution in [0.5, 0.6) is 5.75 Å². The average molecular weight is 391 g/mol. The van der Waals surface area contributed by atoms with Crippen LogP contribution < -0.4 is 10.1 Å². The summed E-state index contributed by atoms with van der Waals surface area (Å²) in [6.45, 7) is 4.12. The number of fused-ring (bicyclic) bond motifs is 1. The molecule has 3 rings (SSSR count). The zero-order chi connectivity index (χ0) is 20.3. The maximum Gasteiger partial charge on any atom is 0.416 e. The summed E-state index contributed by atoms with van der Waals surface area (Å²) in [7, 11) is 0. The van der Waals surface area contributed by atoms with E-state index in [-0.39, 0.29) is 6.42 Å². The van der Waals surface area contributed by atoms with Crippen molar-refractivity contribution in [2.24, 2.45) is 0 Å². The monoisotopic (exact) mass is 391 g/mol. The highest BCUT2D eigenvalue weighted by atomic mass is 19.4. The van der Waals surface area contributed by atoms with Gasteiger partial charge in [0.05, 0.1) is 24.6 Å². The first-order valence-corrected chi connectivity index (χ1v) is 8.88. The Labute approximate surface area is 160 Å². The predicted molar refractivity (Wildman–Crippen MR) is 99.1 cm³/mol. The van der Waals surface area contributed by atoms with Crippen molar-refractivity contribution in [3.05, 3.63) is 65.4 Å². The summed E-state index contributed by atoms with van der Waals surface area (Å²) in [5.41, 5.74) is 0.118. The molecular weight excluding hydrogens is 371 g/mol. The van der Waals surface area contributed by atoms with Crippen molar-refractivity contribution in [3.8, 4) is 5.75 Å². The molecule has 0 saturated heterocycles. The number of carbonyl (C=O) groups excluding carboxylic acids is 1. The van der Waals surface area contributed by atoms with E-state index in [1.807, 2.05) is 25.1 Å². The molecule has 4 nitrogen and oxygen atoms in total. The van der Waals surface area contributed by atoms with Crippen molar-refractivity contribution in [2.45, 2.75) is 32.5 Å². The van der Waals surface area contributed by atoms with Crippen molar-refractivity contribution in [3.63, 3.8) is 0 Å². The number of para-hydroxylation sites is 1. The second-order valence-corrected chi connectivity index (χ2v) is 6.42. The number of alkyl halides is 3. The van der Waals surface area contributed by atoms with Crippen LogP contribution in [0.15, 0.2) is 52.9 Å². The van der Waals surface area contributed by atoms with E-state index < -0.39 is 23.7 Å². The summed E-state index contributed by atoms with van der Waals surface area (Å²) in [5, 5.41) is 3.61. The van der Waals surface area contributed by atoms with Gasteiger partial charge < -0.3 is 14.5 Å². The number of rotatable bonds is 6. The number of hydrogen-bond acceptors (Lipinski definition) is 3. The van der Waals surface area contributed by atoms with Gasteiger partial charge in [-0.1, -0.05) is 30.3 Å². The molecule has 1 unspecified atom stereocenters. The molecule has 1 aromatic heterocycles. The predicted octanol–water partition coefficient (Wildman–Crippen LogP) is 5.27. The molecule has 1 atom stereocenters. The van der Waals surface area contributed by atoms with Gasteiger partial charge in [0.15, 0.2) is 11.3 Å². The first-order chi connectivity index (χ1) is 13.3. The zero-order valence-corrected chi connectivity index (χ0v) is 15.5. The molecule has 0 aliphatic heterocycles. The molecule has 0 spiro atoms. The molecule has 0 saturated carbocycles. The van der Waals surface area contributed by atoms with E-state index in [4.69, 9.17) is 9.15 Å². The Kier molecular flexibility index (Phi) is 5.63. The molecule has 2 aromatic carbocycles. The highest BCUT2D eigenvalue weighted by Gasteiger charge is 2.30. The van der Waals surface area contributed by atoms with Gasteiger partial charge in [-0.25, -0.2) is 0 Å². The van der Waals surface area contributed by atoms with Crippen LogP contribution in [-0.4, -0.2) is 12.5 Å². The van der Waals surface area contributed by atoms with Gasteiger partial charge in [-0.2, -0.15) is 13.2 Å². The van der Waals surface area contributed by atoms with E-state index in [0.717, 1.165) is 17.5 Å². The largest absolute Gasteiger partial charge is 0.490 e. The fourth-order valence-corrected chi connectivity index (χ4v) is 2.95. The molecule has 0 bridgehead atoms.